The first-order valence-electron chi connectivity index (χ1n) is 10.8. The Hall–Kier alpha value is -3.20. The molecule has 1 atom stereocenters. The summed E-state index contributed by atoms with van der Waals surface area (Å²) in [6, 6.07) is 1.98. The average molecular weight is 562 g/mol. The summed E-state index contributed by atoms with van der Waals surface area (Å²) >= 11 is 6.31. The van der Waals surface area contributed by atoms with Crippen molar-refractivity contribution in [1.29, 1.82) is 4.78 Å². The highest BCUT2D eigenvalue weighted by Gasteiger charge is 2.59. The van der Waals surface area contributed by atoms with E-state index < -0.39 is 32.3 Å². The van der Waals surface area contributed by atoms with Gasteiger partial charge in [0, 0.05) is 30.8 Å². The molecule has 16 heteroatoms. The summed E-state index contributed by atoms with van der Waals surface area (Å²) in [5.41, 5.74) is -1.40. The van der Waals surface area contributed by atoms with E-state index in [0.717, 1.165) is 0 Å². The maximum Gasteiger partial charge on any atom is 0.458 e. The molecule has 1 unspecified atom stereocenters. The molecule has 1 aliphatic carbocycles. The molecule has 0 aromatic carbocycles. The second kappa shape index (κ2) is 8.15. The molecule has 0 bridgehead atoms. The number of hydrogen-bond acceptors (Lipinski definition) is 8. The molecule has 0 aliphatic heterocycles. The van der Waals surface area contributed by atoms with Crippen molar-refractivity contribution in [2.75, 3.05) is 5.75 Å². The third kappa shape index (κ3) is 4.13. The number of nitrogens with one attached hydrogen (secondary N) is 1. The molecule has 4 aromatic heterocycles. The second-order valence-electron chi connectivity index (χ2n) is 8.56. The van der Waals surface area contributed by atoms with E-state index in [1.54, 1.807) is 0 Å². The van der Waals surface area contributed by atoms with E-state index in [2.05, 4.69) is 25.1 Å². The summed E-state index contributed by atoms with van der Waals surface area (Å²) in [6.07, 6.45) is -2.73. The number of hydrogen-bond donors (Lipinski definition) is 1. The van der Waals surface area contributed by atoms with Crippen LogP contribution in [-0.4, -0.2) is 45.8 Å². The Morgan fingerprint density at radius 3 is 2.49 bits per heavy atom. The van der Waals surface area contributed by atoms with Crippen molar-refractivity contribution in [2.24, 2.45) is 7.05 Å². The fourth-order valence-electron chi connectivity index (χ4n) is 3.61. The molecule has 0 spiro atoms. The Balaban J connectivity index is 1.64. The third-order valence-electron chi connectivity index (χ3n) is 6.01. The zero-order chi connectivity index (χ0) is 27.0. The van der Waals surface area contributed by atoms with E-state index in [-0.39, 0.29) is 50.6 Å². The molecule has 0 amide bonds. The minimum Gasteiger partial charge on any atom is -0.337 e. The molecule has 1 N–H and O–H groups in total. The molecule has 1 saturated carbocycles. The number of rotatable bonds is 6. The topological polar surface area (TPSA) is 123 Å². The third-order valence-corrected chi connectivity index (χ3v) is 8.38. The first-order chi connectivity index (χ1) is 17.2. The van der Waals surface area contributed by atoms with E-state index >= 15 is 0 Å². The van der Waals surface area contributed by atoms with Crippen LogP contribution in [-0.2, 0) is 27.6 Å². The predicted octanol–water partition coefficient (Wildman–Crippen LogP) is 5.39. The number of aryl methyl sites for hydroxylation is 1. The maximum atomic E-state index is 13.9. The fraction of sp³-hybridized carbons (Fsp3) is 0.381. The zero-order valence-corrected chi connectivity index (χ0v) is 20.7. The van der Waals surface area contributed by atoms with E-state index in [9.17, 15) is 26.2 Å². The number of aromatic nitrogens is 6. The Morgan fingerprint density at radius 1 is 1.16 bits per heavy atom. The summed E-state index contributed by atoms with van der Waals surface area (Å²) < 4.78 is 94.4. The van der Waals surface area contributed by atoms with Gasteiger partial charge in [0.25, 0.3) is 0 Å². The number of fused-ring (bicyclic) bond motifs is 1. The summed E-state index contributed by atoms with van der Waals surface area (Å²) in [4.78, 5) is 15.7. The van der Waals surface area contributed by atoms with Gasteiger partial charge < -0.3 is 9.09 Å². The molecule has 5 rings (SSSR count). The van der Waals surface area contributed by atoms with Gasteiger partial charge in [-0.05, 0) is 25.0 Å². The van der Waals surface area contributed by atoms with Crippen LogP contribution in [0.2, 0.25) is 0 Å². The number of imidazole rings is 1. The van der Waals surface area contributed by atoms with Crippen LogP contribution in [0.1, 0.15) is 31.2 Å². The molecule has 0 saturated heterocycles. The van der Waals surface area contributed by atoms with Gasteiger partial charge in [0.1, 0.15) is 16.1 Å². The van der Waals surface area contributed by atoms with Gasteiger partial charge in [-0.1, -0.05) is 12.1 Å². The predicted molar refractivity (Wildman–Crippen MR) is 121 cm³/mol. The molecule has 4 aromatic rings. The molecule has 1 aliphatic rings. The van der Waals surface area contributed by atoms with Crippen LogP contribution < -0.4 is 0 Å². The van der Waals surface area contributed by atoms with Gasteiger partial charge in [0.05, 0.1) is 20.2 Å². The van der Waals surface area contributed by atoms with E-state index in [4.69, 9.17) is 20.9 Å². The van der Waals surface area contributed by atoms with Crippen LogP contribution in [0.5, 0.6) is 0 Å². The molecular weight excluding hydrogens is 545 g/mol. The van der Waals surface area contributed by atoms with Gasteiger partial charge in [0.2, 0.25) is 11.7 Å². The highest BCUT2D eigenvalue weighted by atomic mass is 35.5. The highest BCUT2D eigenvalue weighted by molar-refractivity contribution is 7.92. The number of halogens is 6. The maximum absolute atomic E-state index is 13.9. The largest absolute Gasteiger partial charge is 0.458 e. The molecule has 1 fully saturated rings. The van der Waals surface area contributed by atoms with Crippen molar-refractivity contribution in [3.8, 4) is 22.9 Å². The quantitative estimate of drug-likeness (QED) is 0.247. The standard InChI is InChI=1S/C21H17ClF5N7O2S/c1-3-37(28,35)13-6-10(15-32-18(36-33-15)19(22)4-5-19)8-29-14(13)17-31-12-7-11(9-30-16(12)34(17)2)20(23,24)21(25,26)27/h6-9,28H,3-5H2,1-2H3. The lowest BCUT2D eigenvalue weighted by Crippen LogP contribution is -2.33. The monoisotopic (exact) mass is 561 g/mol. The van der Waals surface area contributed by atoms with Crippen LogP contribution in [0.25, 0.3) is 34.1 Å². The van der Waals surface area contributed by atoms with Crippen LogP contribution in [0, 0.1) is 4.78 Å². The lowest BCUT2D eigenvalue weighted by Gasteiger charge is -2.19. The van der Waals surface area contributed by atoms with Crippen molar-refractivity contribution >= 4 is 32.5 Å². The van der Waals surface area contributed by atoms with Crippen LogP contribution in [0.15, 0.2) is 33.9 Å². The fourth-order valence-corrected chi connectivity index (χ4v) is 4.87. The van der Waals surface area contributed by atoms with Crippen LogP contribution in [0.3, 0.4) is 0 Å². The molecule has 4 heterocycles. The summed E-state index contributed by atoms with van der Waals surface area (Å²) in [5.74, 6) is -4.93. The van der Waals surface area contributed by atoms with Gasteiger partial charge in [0.15, 0.2) is 11.5 Å². The highest BCUT2D eigenvalue weighted by Crippen LogP contribution is 2.51. The molecular formula is C21H17ClF5N7O2S. The second-order valence-corrected chi connectivity index (χ2v) is 11.6. The zero-order valence-electron chi connectivity index (χ0n) is 19.1. The Morgan fingerprint density at radius 2 is 1.86 bits per heavy atom. The van der Waals surface area contributed by atoms with Crippen molar-refractivity contribution in [2.45, 2.75) is 41.6 Å². The Bertz CT molecular complexity index is 1640. The van der Waals surface area contributed by atoms with Crippen molar-refractivity contribution in [1.82, 2.24) is 29.7 Å². The van der Waals surface area contributed by atoms with Crippen molar-refractivity contribution in [3.63, 3.8) is 0 Å². The number of nitrogens with zero attached hydrogens (tertiary/aromatic N) is 6. The van der Waals surface area contributed by atoms with Crippen molar-refractivity contribution in [3.05, 3.63) is 36.0 Å². The van der Waals surface area contributed by atoms with Crippen LogP contribution >= 0.6 is 11.6 Å². The van der Waals surface area contributed by atoms with Gasteiger partial charge in [-0.2, -0.15) is 26.9 Å². The van der Waals surface area contributed by atoms with E-state index in [1.807, 2.05) is 0 Å². The minimum absolute atomic E-state index is 0.0128. The molecule has 196 valence electrons. The summed E-state index contributed by atoms with van der Waals surface area (Å²) in [7, 11) is -2.00. The number of alkyl halides is 6. The minimum atomic E-state index is -5.82. The first-order valence-corrected chi connectivity index (χ1v) is 12.9. The number of pyridine rings is 2. The first kappa shape index (κ1) is 25.4. The van der Waals surface area contributed by atoms with Crippen molar-refractivity contribution < 1.29 is 30.7 Å². The summed E-state index contributed by atoms with van der Waals surface area (Å²) in [6.45, 7) is 1.53. The van der Waals surface area contributed by atoms with Crippen LogP contribution in [0.4, 0.5) is 22.0 Å². The van der Waals surface area contributed by atoms with Gasteiger partial charge in [-0.25, -0.2) is 19.0 Å². The van der Waals surface area contributed by atoms with Gasteiger partial charge in [-0.15, -0.1) is 11.6 Å². The SMILES string of the molecule is CCS(=N)(=O)c1cc(-c2noc(C3(Cl)CC3)n2)cnc1-c1nc2cc(C(F)(F)C(F)(F)F)cnc2n1C. The smallest absolute Gasteiger partial charge is 0.337 e. The average Bonchev–Trinajstić information content (AvgIpc) is 3.26. The molecule has 0 radical (unpaired) electrons. The van der Waals surface area contributed by atoms with E-state index in [0.29, 0.717) is 25.1 Å². The van der Waals surface area contributed by atoms with E-state index in [1.165, 1.54) is 30.8 Å². The Kier molecular flexibility index (Phi) is 5.60. The normalized spacial score (nSPS) is 17.2. The Labute approximate surface area is 211 Å². The molecule has 37 heavy (non-hydrogen) atoms. The lowest BCUT2D eigenvalue weighted by molar-refractivity contribution is -0.289. The summed E-state index contributed by atoms with van der Waals surface area (Å²) in [5, 5.41) is 3.89. The lowest BCUT2D eigenvalue weighted by atomic mass is 10.1. The van der Waals surface area contributed by atoms with Gasteiger partial charge >= 0.3 is 12.1 Å². The van der Waals surface area contributed by atoms with Gasteiger partial charge in [-0.3, -0.25) is 4.98 Å². The molecule has 9 nitrogen and oxygen atoms in total.